The van der Waals surface area contributed by atoms with Gasteiger partial charge < -0.3 is 5.32 Å². The van der Waals surface area contributed by atoms with Crippen LogP contribution in [-0.4, -0.2) is 41.4 Å². The van der Waals surface area contributed by atoms with Gasteiger partial charge in [-0.3, -0.25) is 19.4 Å². The summed E-state index contributed by atoms with van der Waals surface area (Å²) in [6.45, 7) is 1.66. The molecule has 0 saturated carbocycles. The van der Waals surface area contributed by atoms with Crippen molar-refractivity contribution in [3.05, 3.63) is 57.5 Å². The number of fused-ring (bicyclic) bond motifs is 1. The van der Waals surface area contributed by atoms with Gasteiger partial charge >= 0.3 is 0 Å². The second-order valence-corrected chi connectivity index (χ2v) is 8.03. The molecule has 8 nitrogen and oxygen atoms in total. The summed E-state index contributed by atoms with van der Waals surface area (Å²) in [5, 5.41) is 12.1. The number of hydrogen-bond donors (Lipinski definition) is 1. The van der Waals surface area contributed by atoms with Crippen LogP contribution < -0.4 is 10.2 Å². The highest BCUT2D eigenvalue weighted by atomic mass is 79.9. The minimum Gasteiger partial charge on any atom is -0.323 e. The van der Waals surface area contributed by atoms with Gasteiger partial charge in [-0.15, -0.1) is 0 Å². The minimum atomic E-state index is -0.957. The van der Waals surface area contributed by atoms with Crippen molar-refractivity contribution in [3.63, 3.8) is 0 Å². The van der Waals surface area contributed by atoms with E-state index >= 15 is 0 Å². The van der Waals surface area contributed by atoms with E-state index in [0.717, 1.165) is 14.9 Å². The lowest BCUT2D eigenvalue weighted by Gasteiger charge is -2.20. The molecule has 2 aromatic carbocycles. The zero-order valence-corrected chi connectivity index (χ0v) is 17.5. The molecule has 2 aliphatic heterocycles. The number of rotatable bonds is 4. The van der Waals surface area contributed by atoms with Crippen LogP contribution in [0.3, 0.4) is 0 Å². The van der Waals surface area contributed by atoms with Gasteiger partial charge in [0.2, 0.25) is 5.91 Å². The van der Waals surface area contributed by atoms with E-state index in [-0.39, 0.29) is 6.54 Å². The van der Waals surface area contributed by atoms with Gasteiger partial charge in [-0.2, -0.15) is 5.11 Å². The maximum atomic E-state index is 12.9. The lowest BCUT2D eigenvalue weighted by molar-refractivity contribution is -0.123. The first-order valence-electron chi connectivity index (χ1n) is 8.72. The number of carbonyl (C=O) groups excluding carboxylic acids is 3. The third-order valence-corrected chi connectivity index (χ3v) is 5.49. The van der Waals surface area contributed by atoms with Crippen LogP contribution in [-0.2, 0) is 14.4 Å². The van der Waals surface area contributed by atoms with E-state index in [0.29, 0.717) is 16.4 Å². The zero-order valence-electron chi connectivity index (χ0n) is 15.2. The van der Waals surface area contributed by atoms with Crippen LogP contribution in [0.2, 0.25) is 5.02 Å². The van der Waals surface area contributed by atoms with Gasteiger partial charge in [0.25, 0.3) is 11.8 Å². The fraction of sp³-hybridized carbons (Fsp3) is 0.211. The zero-order chi connectivity index (χ0) is 20.7. The van der Waals surface area contributed by atoms with Crippen LogP contribution in [0, 0.1) is 6.92 Å². The van der Waals surface area contributed by atoms with E-state index < -0.39 is 29.8 Å². The summed E-state index contributed by atoms with van der Waals surface area (Å²) in [5.74, 6) is -1.35. The average molecular weight is 477 g/mol. The van der Waals surface area contributed by atoms with Crippen molar-refractivity contribution in [2.24, 2.45) is 10.3 Å². The van der Waals surface area contributed by atoms with Crippen LogP contribution in [0.4, 0.5) is 11.4 Å². The van der Waals surface area contributed by atoms with E-state index in [1.54, 1.807) is 36.4 Å². The number of imide groups is 1. The number of amides is 3. The van der Waals surface area contributed by atoms with Crippen molar-refractivity contribution in [2.75, 3.05) is 16.8 Å². The maximum absolute atomic E-state index is 12.9. The van der Waals surface area contributed by atoms with Crippen LogP contribution in [0.5, 0.6) is 0 Å². The second kappa shape index (κ2) is 7.57. The van der Waals surface area contributed by atoms with Crippen molar-refractivity contribution in [1.29, 1.82) is 0 Å². The Balaban J connectivity index is 1.49. The third kappa shape index (κ3) is 3.63. The molecule has 2 aromatic rings. The first-order chi connectivity index (χ1) is 13.8. The highest BCUT2D eigenvalue weighted by Gasteiger charge is 2.55. The Hall–Kier alpha value is -2.78. The number of benzene rings is 2. The maximum Gasteiger partial charge on any atom is 0.263 e. The summed E-state index contributed by atoms with van der Waals surface area (Å²) in [5.41, 5.74) is 1.87. The van der Waals surface area contributed by atoms with Crippen LogP contribution in [0.15, 0.2) is 57.3 Å². The fourth-order valence-electron chi connectivity index (χ4n) is 3.26. The lowest BCUT2D eigenvalue weighted by Crippen LogP contribution is -2.43. The van der Waals surface area contributed by atoms with Crippen LogP contribution in [0.25, 0.3) is 0 Å². The van der Waals surface area contributed by atoms with Gasteiger partial charge in [0, 0.05) is 4.47 Å². The summed E-state index contributed by atoms with van der Waals surface area (Å²) in [6.07, 6.45) is 0. The number of hydrogen-bond acceptors (Lipinski definition) is 6. The molecule has 2 heterocycles. The normalized spacial score (nSPS) is 20.4. The number of nitrogens with zero attached hydrogens (tertiary/aromatic N) is 4. The van der Waals surface area contributed by atoms with E-state index in [1.807, 2.05) is 13.0 Å². The summed E-state index contributed by atoms with van der Waals surface area (Å²) in [7, 11) is 0. The standard InChI is InChI=1S/C19H15BrClN5O3/c1-10-2-7-14(13(21)8-10)22-15(27)9-25-17-16(23-24-25)18(28)26(19(17)29)12-5-3-11(20)4-6-12/h2-8,16-17H,9H2,1H3,(H,22,27)/t16-,17-/m1/s1. The predicted octanol–water partition coefficient (Wildman–Crippen LogP) is 3.34. The van der Waals surface area contributed by atoms with Crippen molar-refractivity contribution in [2.45, 2.75) is 19.0 Å². The van der Waals surface area contributed by atoms with Crippen molar-refractivity contribution in [3.8, 4) is 0 Å². The van der Waals surface area contributed by atoms with Gasteiger partial charge in [0.1, 0.15) is 6.54 Å². The quantitative estimate of drug-likeness (QED) is 0.685. The molecule has 2 aliphatic rings. The highest BCUT2D eigenvalue weighted by molar-refractivity contribution is 9.10. The summed E-state index contributed by atoms with van der Waals surface area (Å²) < 4.78 is 0.827. The minimum absolute atomic E-state index is 0.234. The molecule has 1 fully saturated rings. The number of halogens is 2. The smallest absolute Gasteiger partial charge is 0.263 e. The molecule has 0 unspecified atom stereocenters. The first-order valence-corrected chi connectivity index (χ1v) is 9.89. The SMILES string of the molecule is Cc1ccc(NC(=O)CN2N=N[C@H]3C(=O)N(c4ccc(Br)cc4)C(=O)[C@@H]32)c(Cl)c1. The van der Waals surface area contributed by atoms with Crippen LogP contribution >= 0.6 is 27.5 Å². The number of carbonyl (C=O) groups is 3. The molecule has 4 rings (SSSR count). The van der Waals surface area contributed by atoms with Gasteiger partial charge in [-0.1, -0.05) is 38.8 Å². The van der Waals surface area contributed by atoms with E-state index in [1.165, 1.54) is 5.01 Å². The molecule has 1 N–H and O–H groups in total. The van der Waals surface area contributed by atoms with Gasteiger partial charge in [0.15, 0.2) is 12.1 Å². The Morgan fingerprint density at radius 3 is 2.59 bits per heavy atom. The summed E-state index contributed by atoms with van der Waals surface area (Å²) >= 11 is 9.46. The molecular formula is C19H15BrClN5O3. The number of nitrogens with one attached hydrogen (secondary N) is 1. The summed E-state index contributed by atoms with van der Waals surface area (Å²) in [6, 6.07) is 10.2. The Bertz CT molecular complexity index is 1040. The topological polar surface area (TPSA) is 94.4 Å². The van der Waals surface area contributed by atoms with E-state index in [4.69, 9.17) is 11.6 Å². The number of anilines is 2. The van der Waals surface area contributed by atoms with E-state index in [9.17, 15) is 14.4 Å². The molecule has 0 spiro atoms. The predicted molar refractivity (Wildman–Crippen MR) is 111 cm³/mol. The van der Waals surface area contributed by atoms with Crippen molar-refractivity contribution >= 4 is 56.6 Å². The molecule has 29 heavy (non-hydrogen) atoms. The molecule has 10 heteroatoms. The van der Waals surface area contributed by atoms with Crippen molar-refractivity contribution < 1.29 is 14.4 Å². The Morgan fingerprint density at radius 2 is 1.90 bits per heavy atom. The second-order valence-electron chi connectivity index (χ2n) is 6.71. The molecular weight excluding hydrogens is 462 g/mol. The average Bonchev–Trinajstić information content (AvgIpc) is 3.19. The summed E-state index contributed by atoms with van der Waals surface area (Å²) in [4.78, 5) is 39.1. The molecule has 148 valence electrons. The Kier molecular flexibility index (Phi) is 5.10. The molecule has 0 bridgehead atoms. The third-order valence-electron chi connectivity index (χ3n) is 4.65. The van der Waals surface area contributed by atoms with Gasteiger partial charge in [-0.05, 0) is 48.9 Å². The highest BCUT2D eigenvalue weighted by Crippen LogP contribution is 2.32. The lowest BCUT2D eigenvalue weighted by atomic mass is 10.1. The molecule has 3 amide bonds. The molecule has 0 aliphatic carbocycles. The molecule has 2 atom stereocenters. The first kappa shape index (κ1) is 19.5. The molecule has 1 saturated heterocycles. The fourth-order valence-corrected chi connectivity index (χ4v) is 3.80. The van der Waals surface area contributed by atoms with Crippen LogP contribution in [0.1, 0.15) is 5.56 Å². The van der Waals surface area contributed by atoms with Crippen molar-refractivity contribution in [1.82, 2.24) is 5.01 Å². The van der Waals surface area contributed by atoms with E-state index in [2.05, 4.69) is 31.6 Å². The number of aryl methyl sites for hydroxylation is 1. The Morgan fingerprint density at radius 1 is 1.17 bits per heavy atom. The largest absolute Gasteiger partial charge is 0.323 e. The molecule has 0 aromatic heterocycles. The Labute approximate surface area is 179 Å². The van der Waals surface area contributed by atoms with Gasteiger partial charge in [0.05, 0.1) is 16.4 Å². The monoisotopic (exact) mass is 475 g/mol. The molecule has 0 radical (unpaired) electrons. The van der Waals surface area contributed by atoms with Gasteiger partial charge in [-0.25, -0.2) is 4.90 Å².